The van der Waals surface area contributed by atoms with Gasteiger partial charge >= 0.3 is 0 Å². The van der Waals surface area contributed by atoms with Crippen LogP contribution in [0.5, 0.6) is 0 Å². The lowest BCUT2D eigenvalue weighted by molar-refractivity contribution is -0.143. The standard InChI is InChI=1S/C17H30N4O3/c1-13(22)15-5-3-4-6-16(15)17(24)21(18)12-9-19-7-10-20(11-8-19)14(2)23/h15-16H,3-12,18H2,1-2H3/t15-,16-/m1/s1. The summed E-state index contributed by atoms with van der Waals surface area (Å²) in [7, 11) is 0. The van der Waals surface area contributed by atoms with Crippen molar-refractivity contribution in [1.82, 2.24) is 14.8 Å². The van der Waals surface area contributed by atoms with E-state index in [1.54, 1.807) is 13.8 Å². The van der Waals surface area contributed by atoms with Crippen molar-refractivity contribution in [2.75, 3.05) is 39.3 Å². The molecule has 0 aromatic rings. The molecule has 0 bridgehead atoms. The highest BCUT2D eigenvalue weighted by atomic mass is 16.2. The maximum atomic E-state index is 12.6. The van der Waals surface area contributed by atoms with Gasteiger partial charge in [-0.3, -0.25) is 24.3 Å². The highest BCUT2D eigenvalue weighted by molar-refractivity contribution is 5.87. The summed E-state index contributed by atoms with van der Waals surface area (Å²) < 4.78 is 0. The van der Waals surface area contributed by atoms with E-state index in [1.807, 2.05) is 4.90 Å². The molecule has 1 heterocycles. The van der Waals surface area contributed by atoms with Crippen LogP contribution in [0.3, 0.4) is 0 Å². The monoisotopic (exact) mass is 338 g/mol. The van der Waals surface area contributed by atoms with Crippen LogP contribution >= 0.6 is 0 Å². The normalized spacial score (nSPS) is 25.4. The Morgan fingerprint density at radius 1 is 1.00 bits per heavy atom. The Morgan fingerprint density at radius 2 is 1.58 bits per heavy atom. The van der Waals surface area contributed by atoms with E-state index in [2.05, 4.69) is 4.90 Å². The van der Waals surface area contributed by atoms with E-state index in [0.717, 1.165) is 51.9 Å². The van der Waals surface area contributed by atoms with Crippen molar-refractivity contribution < 1.29 is 14.4 Å². The Kier molecular flexibility index (Phi) is 6.74. The van der Waals surface area contributed by atoms with Crippen LogP contribution in [0.1, 0.15) is 39.5 Å². The molecule has 7 nitrogen and oxygen atoms in total. The Balaban J connectivity index is 1.79. The lowest BCUT2D eigenvalue weighted by atomic mass is 9.76. The van der Waals surface area contributed by atoms with Crippen molar-refractivity contribution in [3.8, 4) is 0 Å². The van der Waals surface area contributed by atoms with E-state index in [9.17, 15) is 14.4 Å². The van der Waals surface area contributed by atoms with Crippen LogP contribution in [-0.2, 0) is 14.4 Å². The topological polar surface area (TPSA) is 86.9 Å². The number of rotatable bonds is 5. The first-order chi connectivity index (χ1) is 11.4. The van der Waals surface area contributed by atoms with Gasteiger partial charge in [0.05, 0.1) is 0 Å². The number of hydrogen-bond donors (Lipinski definition) is 1. The summed E-state index contributed by atoms with van der Waals surface area (Å²) in [6.07, 6.45) is 3.56. The molecule has 136 valence electrons. The molecule has 2 rings (SSSR count). The Bertz CT molecular complexity index is 474. The Labute approximate surface area is 144 Å². The molecule has 0 aromatic carbocycles. The number of piperazine rings is 1. The molecule has 2 amide bonds. The molecule has 2 aliphatic rings. The molecule has 2 fully saturated rings. The number of hydrogen-bond acceptors (Lipinski definition) is 5. The fraction of sp³-hybridized carbons (Fsp3) is 0.824. The molecule has 0 spiro atoms. The lowest BCUT2D eigenvalue weighted by Gasteiger charge is -2.36. The van der Waals surface area contributed by atoms with Crippen molar-refractivity contribution in [2.24, 2.45) is 17.7 Å². The second-order valence-electron chi connectivity index (χ2n) is 6.99. The fourth-order valence-electron chi connectivity index (χ4n) is 3.77. The number of nitrogens with zero attached hydrogens (tertiary/aromatic N) is 3. The first-order valence-electron chi connectivity index (χ1n) is 8.94. The van der Waals surface area contributed by atoms with Crippen LogP contribution < -0.4 is 5.84 Å². The number of nitrogens with two attached hydrogens (primary N) is 1. The lowest BCUT2D eigenvalue weighted by Crippen LogP contribution is -2.52. The van der Waals surface area contributed by atoms with Gasteiger partial charge in [0.25, 0.3) is 0 Å². The van der Waals surface area contributed by atoms with Crippen LogP contribution in [0.15, 0.2) is 0 Å². The summed E-state index contributed by atoms with van der Waals surface area (Å²) in [5.74, 6) is 5.67. The van der Waals surface area contributed by atoms with Crippen LogP contribution in [0, 0.1) is 11.8 Å². The van der Waals surface area contributed by atoms with E-state index in [4.69, 9.17) is 5.84 Å². The second-order valence-corrected chi connectivity index (χ2v) is 6.99. The highest BCUT2D eigenvalue weighted by Gasteiger charge is 2.35. The fourth-order valence-corrected chi connectivity index (χ4v) is 3.77. The Hall–Kier alpha value is -1.47. The average Bonchev–Trinajstić information content (AvgIpc) is 2.59. The predicted octanol–water partition coefficient (Wildman–Crippen LogP) is 0.248. The summed E-state index contributed by atoms with van der Waals surface area (Å²) in [5.41, 5.74) is 0. The van der Waals surface area contributed by atoms with E-state index in [0.29, 0.717) is 13.1 Å². The zero-order chi connectivity index (χ0) is 17.7. The molecular formula is C17H30N4O3. The van der Waals surface area contributed by atoms with Crippen molar-refractivity contribution in [2.45, 2.75) is 39.5 Å². The van der Waals surface area contributed by atoms with Gasteiger partial charge in [0, 0.05) is 58.0 Å². The zero-order valence-corrected chi connectivity index (χ0v) is 14.9. The molecular weight excluding hydrogens is 308 g/mol. The molecule has 1 aliphatic carbocycles. The van der Waals surface area contributed by atoms with Gasteiger partial charge in [-0.15, -0.1) is 0 Å². The summed E-state index contributed by atoms with van der Waals surface area (Å²) in [5, 5.41) is 1.29. The average molecular weight is 338 g/mol. The van der Waals surface area contributed by atoms with Crippen molar-refractivity contribution in [3.05, 3.63) is 0 Å². The van der Waals surface area contributed by atoms with E-state index < -0.39 is 0 Å². The Morgan fingerprint density at radius 3 is 2.12 bits per heavy atom. The first kappa shape index (κ1) is 18.9. The molecule has 0 radical (unpaired) electrons. The minimum Gasteiger partial charge on any atom is -0.340 e. The van der Waals surface area contributed by atoms with Crippen LogP contribution in [0.4, 0.5) is 0 Å². The number of Topliss-reactive ketones (excluding diaryl/α,β-unsaturated/α-hetero) is 1. The van der Waals surface area contributed by atoms with Crippen LogP contribution in [-0.4, -0.2) is 71.7 Å². The largest absolute Gasteiger partial charge is 0.340 e. The van der Waals surface area contributed by atoms with E-state index >= 15 is 0 Å². The maximum Gasteiger partial charge on any atom is 0.240 e. The predicted molar refractivity (Wildman–Crippen MR) is 90.7 cm³/mol. The highest BCUT2D eigenvalue weighted by Crippen LogP contribution is 2.31. The first-order valence-corrected chi connectivity index (χ1v) is 8.94. The van der Waals surface area contributed by atoms with Gasteiger partial charge in [-0.05, 0) is 19.8 Å². The SMILES string of the molecule is CC(=O)[C@H]1CCCC[C@H]1C(=O)N(N)CCN1CCN(C(C)=O)CC1. The van der Waals surface area contributed by atoms with E-state index in [1.165, 1.54) is 5.01 Å². The van der Waals surface area contributed by atoms with Gasteiger partial charge < -0.3 is 4.90 Å². The number of carbonyl (C=O) groups is 3. The molecule has 1 aliphatic heterocycles. The summed E-state index contributed by atoms with van der Waals surface area (Å²) in [6, 6.07) is 0. The number of ketones is 1. The maximum absolute atomic E-state index is 12.6. The van der Waals surface area contributed by atoms with Gasteiger partial charge in [0.2, 0.25) is 11.8 Å². The van der Waals surface area contributed by atoms with Crippen LogP contribution in [0.25, 0.3) is 0 Å². The molecule has 0 aromatic heterocycles. The van der Waals surface area contributed by atoms with Crippen molar-refractivity contribution in [1.29, 1.82) is 0 Å². The molecule has 2 atom stereocenters. The summed E-state index contributed by atoms with van der Waals surface area (Å²) >= 11 is 0. The van der Waals surface area contributed by atoms with Crippen LogP contribution in [0.2, 0.25) is 0 Å². The third-order valence-corrected chi connectivity index (χ3v) is 5.36. The smallest absolute Gasteiger partial charge is 0.240 e. The minimum atomic E-state index is -0.254. The third kappa shape index (κ3) is 4.77. The van der Waals surface area contributed by atoms with Crippen molar-refractivity contribution in [3.63, 3.8) is 0 Å². The molecule has 1 saturated carbocycles. The second kappa shape index (κ2) is 8.58. The summed E-state index contributed by atoms with van der Waals surface area (Å²) in [4.78, 5) is 39.8. The van der Waals surface area contributed by atoms with Gasteiger partial charge in [-0.1, -0.05) is 12.8 Å². The number of amides is 2. The van der Waals surface area contributed by atoms with Crippen molar-refractivity contribution >= 4 is 17.6 Å². The number of carbonyl (C=O) groups excluding carboxylic acids is 3. The molecule has 0 unspecified atom stereocenters. The van der Waals surface area contributed by atoms with Gasteiger partial charge in [-0.25, -0.2) is 5.84 Å². The molecule has 7 heteroatoms. The zero-order valence-electron chi connectivity index (χ0n) is 14.9. The summed E-state index contributed by atoms with van der Waals surface area (Å²) in [6.45, 7) is 7.39. The minimum absolute atomic E-state index is 0.0989. The molecule has 24 heavy (non-hydrogen) atoms. The quantitative estimate of drug-likeness (QED) is 0.441. The van der Waals surface area contributed by atoms with E-state index in [-0.39, 0.29) is 29.4 Å². The molecule has 2 N–H and O–H groups in total. The molecule has 1 saturated heterocycles. The van der Waals surface area contributed by atoms with Gasteiger partial charge in [-0.2, -0.15) is 0 Å². The third-order valence-electron chi connectivity index (χ3n) is 5.36. The van der Waals surface area contributed by atoms with Gasteiger partial charge in [0.15, 0.2) is 0 Å². The number of hydrazine groups is 1. The van der Waals surface area contributed by atoms with Gasteiger partial charge in [0.1, 0.15) is 5.78 Å².